The number of halogens is 3. The molecule has 8 nitrogen and oxygen atoms in total. The molecule has 198 valence electrons. The van der Waals surface area contributed by atoms with E-state index in [9.17, 15) is 28.7 Å². The maximum atomic E-state index is 13.6. The second-order valence-corrected chi connectivity index (χ2v) is 10.9. The van der Waals surface area contributed by atoms with Crippen molar-refractivity contribution >= 4 is 46.9 Å². The van der Waals surface area contributed by atoms with Gasteiger partial charge in [-0.1, -0.05) is 56.1 Å². The van der Waals surface area contributed by atoms with Gasteiger partial charge in [0.1, 0.15) is 5.82 Å². The number of aliphatic carboxylic acids is 1. The first-order valence-electron chi connectivity index (χ1n) is 11.6. The van der Waals surface area contributed by atoms with Gasteiger partial charge in [0.25, 0.3) is 11.8 Å². The van der Waals surface area contributed by atoms with Gasteiger partial charge in [0, 0.05) is 25.1 Å². The second kappa shape index (κ2) is 11.5. The first kappa shape index (κ1) is 28.4. The minimum absolute atomic E-state index is 0.0766. The summed E-state index contributed by atoms with van der Waals surface area (Å²) < 4.78 is 13.4. The molecule has 0 bridgehead atoms. The van der Waals surface area contributed by atoms with Crippen LogP contribution in [0.2, 0.25) is 10.0 Å². The third-order valence-electron chi connectivity index (χ3n) is 5.80. The molecule has 0 aliphatic carbocycles. The van der Waals surface area contributed by atoms with Crippen LogP contribution < -0.4 is 5.32 Å². The summed E-state index contributed by atoms with van der Waals surface area (Å²) in [6.45, 7) is 5.83. The monoisotopic (exact) mass is 551 g/mol. The van der Waals surface area contributed by atoms with Gasteiger partial charge in [-0.15, -0.1) is 0 Å². The number of nitrogens with zero attached hydrogens (tertiary/aromatic N) is 2. The fraction of sp³-hybridized carbons (Fsp3) is 0.385. The number of carbonyl (C=O) groups is 4. The van der Waals surface area contributed by atoms with Crippen molar-refractivity contribution in [3.05, 3.63) is 69.5 Å². The van der Waals surface area contributed by atoms with Crippen LogP contribution in [0.5, 0.6) is 0 Å². The standard InChI is InChI=1S/C26H28Cl2FN3O5/c1-26(2,3)14-21(33)31-10-11-32(25(37)16-6-9-18(27)19(28)12-16)24(31)23(36)30-20(13-22(34)35)15-4-7-17(29)8-5-15/h4-9,12,20,24H,10-11,13-14H2,1-3H3,(H,30,36)(H,34,35). The molecule has 2 atom stereocenters. The lowest BCUT2D eigenvalue weighted by Crippen LogP contribution is -2.54. The van der Waals surface area contributed by atoms with E-state index in [2.05, 4.69) is 5.32 Å². The highest BCUT2D eigenvalue weighted by atomic mass is 35.5. The van der Waals surface area contributed by atoms with Crippen LogP contribution >= 0.6 is 23.2 Å². The van der Waals surface area contributed by atoms with E-state index in [4.69, 9.17) is 23.2 Å². The molecule has 1 heterocycles. The lowest BCUT2D eigenvalue weighted by molar-refractivity contribution is -0.143. The smallest absolute Gasteiger partial charge is 0.305 e. The van der Waals surface area contributed by atoms with Gasteiger partial charge in [0.15, 0.2) is 6.17 Å². The topological polar surface area (TPSA) is 107 Å². The predicted octanol–water partition coefficient (Wildman–Crippen LogP) is 4.51. The van der Waals surface area contributed by atoms with Crippen LogP contribution in [-0.4, -0.2) is 57.9 Å². The maximum absolute atomic E-state index is 13.6. The first-order valence-corrected chi connectivity index (χ1v) is 12.4. The van der Waals surface area contributed by atoms with E-state index in [0.717, 1.165) is 12.1 Å². The maximum Gasteiger partial charge on any atom is 0.305 e. The minimum Gasteiger partial charge on any atom is -0.481 e. The summed E-state index contributed by atoms with van der Waals surface area (Å²) in [5.41, 5.74) is 0.169. The van der Waals surface area contributed by atoms with Gasteiger partial charge in [0.2, 0.25) is 5.91 Å². The molecule has 1 aliphatic rings. The summed E-state index contributed by atoms with van der Waals surface area (Å²) in [5.74, 6) is -3.30. The molecule has 1 fully saturated rings. The Bertz CT molecular complexity index is 1200. The van der Waals surface area contributed by atoms with Crippen LogP contribution in [0.15, 0.2) is 42.5 Å². The van der Waals surface area contributed by atoms with Gasteiger partial charge < -0.3 is 20.2 Å². The Labute approximate surface area is 224 Å². The Morgan fingerprint density at radius 3 is 2.22 bits per heavy atom. The fourth-order valence-corrected chi connectivity index (χ4v) is 4.40. The Morgan fingerprint density at radius 2 is 1.65 bits per heavy atom. The molecule has 3 amide bonds. The molecule has 37 heavy (non-hydrogen) atoms. The fourth-order valence-electron chi connectivity index (χ4n) is 4.10. The average Bonchev–Trinajstić information content (AvgIpc) is 3.24. The normalized spacial score (nSPS) is 16.4. The van der Waals surface area contributed by atoms with Crippen LogP contribution in [-0.2, 0) is 14.4 Å². The molecule has 11 heteroatoms. The average molecular weight is 552 g/mol. The van der Waals surface area contributed by atoms with Crippen molar-refractivity contribution in [3.63, 3.8) is 0 Å². The summed E-state index contributed by atoms with van der Waals surface area (Å²) in [6, 6.07) is 8.35. The third-order valence-corrected chi connectivity index (χ3v) is 6.54. The lowest BCUT2D eigenvalue weighted by atomic mass is 9.91. The zero-order valence-corrected chi connectivity index (χ0v) is 22.1. The third kappa shape index (κ3) is 7.20. The van der Waals surface area contributed by atoms with E-state index >= 15 is 0 Å². The van der Waals surface area contributed by atoms with E-state index in [-0.39, 0.29) is 46.4 Å². The van der Waals surface area contributed by atoms with Gasteiger partial charge >= 0.3 is 5.97 Å². The zero-order valence-electron chi connectivity index (χ0n) is 20.6. The largest absolute Gasteiger partial charge is 0.481 e. The molecule has 2 unspecified atom stereocenters. The second-order valence-electron chi connectivity index (χ2n) is 10.0. The van der Waals surface area contributed by atoms with Crippen molar-refractivity contribution in [2.24, 2.45) is 5.41 Å². The number of amides is 3. The summed E-state index contributed by atoms with van der Waals surface area (Å²) in [7, 11) is 0. The van der Waals surface area contributed by atoms with E-state index < -0.39 is 42.2 Å². The quantitative estimate of drug-likeness (QED) is 0.526. The number of benzene rings is 2. The lowest BCUT2D eigenvalue weighted by Gasteiger charge is -2.32. The van der Waals surface area contributed by atoms with Crippen molar-refractivity contribution in [3.8, 4) is 0 Å². The molecule has 2 aromatic carbocycles. The molecule has 1 aliphatic heterocycles. The summed E-state index contributed by atoms with van der Waals surface area (Å²) in [4.78, 5) is 54.3. The Morgan fingerprint density at radius 1 is 1.03 bits per heavy atom. The molecule has 0 aromatic heterocycles. The van der Waals surface area contributed by atoms with E-state index in [0.29, 0.717) is 5.56 Å². The molecule has 2 N–H and O–H groups in total. The summed E-state index contributed by atoms with van der Waals surface area (Å²) in [6.07, 6.45) is -1.68. The highest BCUT2D eigenvalue weighted by Gasteiger charge is 2.44. The number of nitrogens with one attached hydrogen (secondary N) is 1. The van der Waals surface area contributed by atoms with Crippen LogP contribution in [0.3, 0.4) is 0 Å². The van der Waals surface area contributed by atoms with Gasteiger partial charge in [-0.25, -0.2) is 4.39 Å². The van der Waals surface area contributed by atoms with Crippen LogP contribution in [0.25, 0.3) is 0 Å². The van der Waals surface area contributed by atoms with E-state index in [1.807, 2.05) is 20.8 Å². The molecule has 0 saturated carbocycles. The van der Waals surface area contributed by atoms with Gasteiger partial charge in [-0.05, 0) is 41.3 Å². The van der Waals surface area contributed by atoms with Crippen molar-refractivity contribution in [2.45, 2.75) is 45.8 Å². The summed E-state index contributed by atoms with van der Waals surface area (Å²) in [5, 5.41) is 12.5. The Kier molecular flexibility index (Phi) is 8.81. The number of carboxylic acids is 1. The van der Waals surface area contributed by atoms with Crippen molar-refractivity contribution in [1.29, 1.82) is 0 Å². The van der Waals surface area contributed by atoms with Crippen LogP contribution in [0, 0.1) is 11.2 Å². The van der Waals surface area contributed by atoms with Crippen molar-refractivity contribution in [2.75, 3.05) is 13.1 Å². The SMILES string of the molecule is CC(C)(C)CC(=O)N1CCN(C(=O)c2ccc(Cl)c(Cl)c2)C1C(=O)NC(CC(=O)O)c1ccc(F)cc1. The molecular formula is C26H28Cl2FN3O5. The van der Waals surface area contributed by atoms with Crippen LogP contribution in [0.1, 0.15) is 55.6 Å². The Balaban J connectivity index is 1.95. The highest BCUT2D eigenvalue weighted by molar-refractivity contribution is 6.42. The predicted molar refractivity (Wildman–Crippen MR) is 137 cm³/mol. The molecule has 0 spiro atoms. The Hall–Kier alpha value is -3.17. The number of carboxylic acid groups (broad SMARTS) is 1. The molecule has 1 saturated heterocycles. The van der Waals surface area contributed by atoms with Crippen molar-refractivity contribution in [1.82, 2.24) is 15.1 Å². The van der Waals surface area contributed by atoms with E-state index in [1.54, 1.807) is 0 Å². The minimum atomic E-state index is -1.33. The number of hydrogen-bond acceptors (Lipinski definition) is 4. The van der Waals surface area contributed by atoms with Gasteiger partial charge in [0.05, 0.1) is 22.5 Å². The first-order chi connectivity index (χ1) is 17.3. The molecular weight excluding hydrogens is 524 g/mol. The highest BCUT2D eigenvalue weighted by Crippen LogP contribution is 2.28. The molecule has 2 aromatic rings. The van der Waals surface area contributed by atoms with E-state index in [1.165, 1.54) is 40.1 Å². The number of rotatable bonds is 7. The van der Waals surface area contributed by atoms with Gasteiger partial charge in [-0.3, -0.25) is 19.2 Å². The van der Waals surface area contributed by atoms with Crippen molar-refractivity contribution < 1.29 is 28.7 Å². The molecule has 3 rings (SSSR count). The zero-order chi connectivity index (χ0) is 27.5. The van der Waals surface area contributed by atoms with Crippen LogP contribution in [0.4, 0.5) is 4.39 Å². The number of hydrogen-bond donors (Lipinski definition) is 2. The van der Waals surface area contributed by atoms with Gasteiger partial charge in [-0.2, -0.15) is 0 Å². The summed E-state index contributed by atoms with van der Waals surface area (Å²) >= 11 is 12.1. The molecule has 0 radical (unpaired) electrons. The number of carbonyl (C=O) groups excluding carboxylic acids is 3.